The largest absolute Gasteiger partial charge is 0.465 e. The predicted molar refractivity (Wildman–Crippen MR) is 88.3 cm³/mol. The van der Waals surface area contributed by atoms with Crippen molar-refractivity contribution < 1.29 is 9.90 Å². The fourth-order valence-electron chi connectivity index (χ4n) is 2.87. The summed E-state index contributed by atoms with van der Waals surface area (Å²) in [6.45, 7) is 5.58. The zero-order valence-corrected chi connectivity index (χ0v) is 14.2. The maximum Gasteiger partial charge on any atom is 0.407 e. The molecule has 3 rings (SSSR count). The van der Waals surface area contributed by atoms with Crippen molar-refractivity contribution in [2.24, 2.45) is 0 Å². The van der Waals surface area contributed by atoms with Crippen LogP contribution in [0.2, 0.25) is 0 Å². The van der Waals surface area contributed by atoms with Gasteiger partial charge >= 0.3 is 6.09 Å². The smallest absolute Gasteiger partial charge is 0.407 e. The molecule has 0 aromatic carbocycles. The summed E-state index contributed by atoms with van der Waals surface area (Å²) in [6.07, 6.45) is 3.70. The van der Waals surface area contributed by atoms with Gasteiger partial charge in [0.15, 0.2) is 10.8 Å². The number of hydrogen-bond donors (Lipinski definition) is 1. The third-order valence-electron chi connectivity index (χ3n) is 4.17. The van der Waals surface area contributed by atoms with Gasteiger partial charge in [-0.05, 0) is 19.6 Å². The lowest BCUT2D eigenvalue weighted by molar-refractivity contribution is 0.134. The topological polar surface area (TPSA) is 86.9 Å². The average molecular weight is 336 g/mol. The first-order valence-electron chi connectivity index (χ1n) is 7.56. The standard InChI is InChI=1S/C14H20N6O2S/c1-4-10-8-18(14(21)22)5-6-19(10)13-17-12(23-3)16-11-9(2)7-15-20(11)13/h7,10H,4-6,8H2,1-3H3,(H,21,22)/t10-/m0/s1. The van der Waals surface area contributed by atoms with Crippen LogP contribution in [0.5, 0.6) is 0 Å². The number of nitrogens with zero attached hydrogens (tertiary/aromatic N) is 6. The molecule has 3 heterocycles. The van der Waals surface area contributed by atoms with Gasteiger partial charge in [-0.25, -0.2) is 9.78 Å². The highest BCUT2D eigenvalue weighted by Crippen LogP contribution is 2.24. The van der Waals surface area contributed by atoms with E-state index >= 15 is 0 Å². The van der Waals surface area contributed by atoms with E-state index in [1.165, 1.54) is 16.7 Å². The summed E-state index contributed by atoms with van der Waals surface area (Å²) in [5.41, 5.74) is 1.80. The lowest BCUT2D eigenvalue weighted by Crippen LogP contribution is -2.55. The first kappa shape index (κ1) is 15.9. The summed E-state index contributed by atoms with van der Waals surface area (Å²) in [4.78, 5) is 24.0. The van der Waals surface area contributed by atoms with Crippen LogP contribution in [0, 0.1) is 6.92 Å². The second kappa shape index (κ2) is 6.23. The average Bonchev–Trinajstić information content (AvgIpc) is 2.94. The van der Waals surface area contributed by atoms with Gasteiger partial charge in [0.1, 0.15) is 0 Å². The number of carbonyl (C=O) groups is 1. The predicted octanol–water partition coefficient (Wildman–Crippen LogP) is 1.73. The number of hydrogen-bond acceptors (Lipinski definition) is 6. The van der Waals surface area contributed by atoms with Gasteiger partial charge in [-0.15, -0.1) is 0 Å². The number of amides is 1. The quantitative estimate of drug-likeness (QED) is 0.854. The highest BCUT2D eigenvalue weighted by molar-refractivity contribution is 7.98. The molecule has 124 valence electrons. The van der Waals surface area contributed by atoms with Crippen molar-refractivity contribution in [2.75, 3.05) is 30.8 Å². The zero-order valence-electron chi connectivity index (χ0n) is 13.4. The summed E-state index contributed by atoms with van der Waals surface area (Å²) in [7, 11) is 0. The van der Waals surface area contributed by atoms with E-state index < -0.39 is 6.09 Å². The molecular weight excluding hydrogens is 316 g/mol. The number of aromatic nitrogens is 4. The van der Waals surface area contributed by atoms with Crippen LogP contribution in [-0.4, -0.2) is 67.6 Å². The van der Waals surface area contributed by atoms with Crippen LogP contribution < -0.4 is 4.90 Å². The molecule has 2 aromatic rings. The zero-order chi connectivity index (χ0) is 16.6. The van der Waals surface area contributed by atoms with E-state index in [1.807, 2.05) is 13.2 Å². The van der Waals surface area contributed by atoms with E-state index in [0.717, 1.165) is 23.6 Å². The Hall–Kier alpha value is -2.03. The van der Waals surface area contributed by atoms with Gasteiger partial charge in [-0.2, -0.15) is 14.6 Å². The lowest BCUT2D eigenvalue weighted by Gasteiger charge is -2.40. The van der Waals surface area contributed by atoms with Crippen molar-refractivity contribution in [3.8, 4) is 0 Å². The SMILES string of the molecule is CC[C@H]1CN(C(=O)O)CCN1c1nc(SC)nc2c(C)cnn12. The van der Waals surface area contributed by atoms with Crippen LogP contribution >= 0.6 is 11.8 Å². The molecular formula is C14H20N6O2S. The molecule has 0 radical (unpaired) electrons. The monoisotopic (exact) mass is 336 g/mol. The molecule has 0 saturated carbocycles. The van der Waals surface area contributed by atoms with Crippen LogP contribution in [0.4, 0.5) is 10.7 Å². The van der Waals surface area contributed by atoms with E-state index in [4.69, 9.17) is 0 Å². The van der Waals surface area contributed by atoms with Gasteiger partial charge in [-0.3, -0.25) is 0 Å². The van der Waals surface area contributed by atoms with Crippen LogP contribution in [0.3, 0.4) is 0 Å². The van der Waals surface area contributed by atoms with Crippen LogP contribution in [0.15, 0.2) is 11.4 Å². The number of aryl methyl sites for hydroxylation is 1. The van der Waals surface area contributed by atoms with Gasteiger partial charge in [0, 0.05) is 31.2 Å². The Morgan fingerprint density at radius 2 is 2.22 bits per heavy atom. The molecule has 0 unspecified atom stereocenters. The molecule has 1 amide bonds. The molecule has 0 aliphatic carbocycles. The van der Waals surface area contributed by atoms with Gasteiger partial charge in [-0.1, -0.05) is 18.7 Å². The summed E-state index contributed by atoms with van der Waals surface area (Å²) >= 11 is 1.49. The Labute approximate surface area is 138 Å². The van der Waals surface area contributed by atoms with Crippen LogP contribution in [0.1, 0.15) is 18.9 Å². The molecule has 1 saturated heterocycles. The number of fused-ring (bicyclic) bond motifs is 1. The highest BCUT2D eigenvalue weighted by atomic mass is 32.2. The first-order chi connectivity index (χ1) is 11.0. The minimum atomic E-state index is -0.865. The fraction of sp³-hybridized carbons (Fsp3) is 0.571. The van der Waals surface area contributed by atoms with Crippen molar-refractivity contribution in [3.05, 3.63) is 11.8 Å². The summed E-state index contributed by atoms with van der Waals surface area (Å²) in [6, 6.07) is 0.0807. The Bertz CT molecular complexity index is 733. The van der Waals surface area contributed by atoms with Crippen LogP contribution in [0.25, 0.3) is 5.65 Å². The molecule has 1 N–H and O–H groups in total. The fourth-order valence-corrected chi connectivity index (χ4v) is 3.22. The molecule has 8 nitrogen and oxygen atoms in total. The van der Waals surface area contributed by atoms with Crippen LogP contribution in [-0.2, 0) is 0 Å². The van der Waals surface area contributed by atoms with Crippen molar-refractivity contribution in [3.63, 3.8) is 0 Å². The first-order valence-corrected chi connectivity index (χ1v) is 8.78. The number of piperazine rings is 1. The third kappa shape index (κ3) is 2.80. The normalized spacial score (nSPS) is 18.7. The molecule has 9 heteroatoms. The minimum Gasteiger partial charge on any atom is -0.465 e. The van der Waals surface area contributed by atoms with Crippen molar-refractivity contribution in [1.82, 2.24) is 24.5 Å². The molecule has 1 aliphatic heterocycles. The number of anilines is 1. The second-order valence-electron chi connectivity index (χ2n) is 5.56. The maximum atomic E-state index is 11.2. The lowest BCUT2D eigenvalue weighted by atomic mass is 10.1. The molecule has 23 heavy (non-hydrogen) atoms. The summed E-state index contributed by atoms with van der Waals surface area (Å²) in [5.74, 6) is 0.740. The molecule has 1 atom stereocenters. The number of carboxylic acid groups (broad SMARTS) is 1. The Kier molecular flexibility index (Phi) is 4.29. The van der Waals surface area contributed by atoms with Gasteiger partial charge in [0.25, 0.3) is 0 Å². The van der Waals surface area contributed by atoms with Gasteiger partial charge in [0.05, 0.1) is 6.20 Å². The minimum absolute atomic E-state index is 0.0807. The molecule has 0 bridgehead atoms. The Balaban J connectivity index is 2.03. The van der Waals surface area contributed by atoms with E-state index in [1.54, 1.807) is 10.7 Å². The van der Waals surface area contributed by atoms with E-state index in [-0.39, 0.29) is 6.04 Å². The highest BCUT2D eigenvalue weighted by Gasteiger charge is 2.31. The van der Waals surface area contributed by atoms with Crippen molar-refractivity contribution in [2.45, 2.75) is 31.5 Å². The molecule has 1 fully saturated rings. The second-order valence-corrected chi connectivity index (χ2v) is 6.33. The summed E-state index contributed by atoms with van der Waals surface area (Å²) < 4.78 is 1.76. The summed E-state index contributed by atoms with van der Waals surface area (Å²) in [5, 5.41) is 14.3. The van der Waals surface area contributed by atoms with E-state index in [2.05, 4.69) is 26.9 Å². The van der Waals surface area contributed by atoms with E-state index in [0.29, 0.717) is 24.8 Å². The Morgan fingerprint density at radius 1 is 1.43 bits per heavy atom. The van der Waals surface area contributed by atoms with Gasteiger partial charge in [0.2, 0.25) is 5.95 Å². The van der Waals surface area contributed by atoms with E-state index in [9.17, 15) is 9.90 Å². The molecule has 2 aromatic heterocycles. The third-order valence-corrected chi connectivity index (χ3v) is 4.72. The van der Waals surface area contributed by atoms with Crippen molar-refractivity contribution >= 4 is 29.5 Å². The number of thioether (sulfide) groups is 1. The molecule has 1 aliphatic rings. The maximum absolute atomic E-state index is 11.2. The number of rotatable bonds is 3. The molecule has 0 spiro atoms. The van der Waals surface area contributed by atoms with Crippen molar-refractivity contribution in [1.29, 1.82) is 0 Å². The van der Waals surface area contributed by atoms with Gasteiger partial charge < -0.3 is 14.9 Å². The Morgan fingerprint density at radius 3 is 2.87 bits per heavy atom.